The van der Waals surface area contributed by atoms with E-state index in [9.17, 15) is 0 Å². The van der Waals surface area contributed by atoms with Crippen LogP contribution in [0.4, 0.5) is 0 Å². The second-order valence-corrected chi connectivity index (χ2v) is 7.85. The van der Waals surface area contributed by atoms with Crippen LogP contribution in [0.5, 0.6) is 0 Å². The van der Waals surface area contributed by atoms with Crippen LogP contribution in [0.1, 0.15) is 69.4 Å². The second kappa shape index (κ2) is 6.41. The third-order valence-electron chi connectivity index (χ3n) is 4.65. The molecular formula is C17H29NS. The molecule has 1 aromatic rings. The van der Waals surface area contributed by atoms with E-state index in [1.165, 1.54) is 37.7 Å². The molecule has 1 N–H and O–H groups in total. The average molecular weight is 279 g/mol. The summed E-state index contributed by atoms with van der Waals surface area (Å²) in [6.45, 7) is 10.5. The van der Waals surface area contributed by atoms with Crippen LogP contribution in [0, 0.1) is 18.3 Å². The highest BCUT2D eigenvalue weighted by molar-refractivity contribution is 7.10. The molecule has 1 aromatic heterocycles. The number of thiophene rings is 1. The molecule has 2 heteroatoms. The predicted octanol–water partition coefficient (Wildman–Crippen LogP) is 5.31. The first-order valence-corrected chi connectivity index (χ1v) is 8.69. The first-order chi connectivity index (χ1) is 9.03. The van der Waals surface area contributed by atoms with Gasteiger partial charge in [0, 0.05) is 10.9 Å². The summed E-state index contributed by atoms with van der Waals surface area (Å²) in [6, 6.07) is 2.86. The molecular weight excluding hydrogens is 250 g/mol. The van der Waals surface area contributed by atoms with Crippen molar-refractivity contribution in [1.82, 2.24) is 5.32 Å². The van der Waals surface area contributed by atoms with Crippen molar-refractivity contribution in [1.29, 1.82) is 0 Å². The molecule has 108 valence electrons. The number of rotatable bonds is 5. The zero-order chi connectivity index (χ0) is 13.9. The molecule has 1 unspecified atom stereocenters. The molecule has 1 nitrogen and oxygen atoms in total. The van der Waals surface area contributed by atoms with Crippen molar-refractivity contribution < 1.29 is 0 Å². The van der Waals surface area contributed by atoms with Crippen molar-refractivity contribution in [2.24, 2.45) is 11.3 Å². The maximum Gasteiger partial charge on any atom is 0.0446 e. The van der Waals surface area contributed by atoms with Crippen LogP contribution in [0.3, 0.4) is 0 Å². The third-order valence-corrected chi connectivity index (χ3v) is 5.76. The van der Waals surface area contributed by atoms with E-state index in [1.807, 2.05) is 11.3 Å². The Labute approximate surface area is 122 Å². The summed E-state index contributed by atoms with van der Waals surface area (Å²) in [5.74, 6) is 0.830. The zero-order valence-corrected chi connectivity index (χ0v) is 13.8. The first kappa shape index (κ1) is 15.1. The van der Waals surface area contributed by atoms with Crippen molar-refractivity contribution >= 4 is 11.3 Å². The highest BCUT2D eigenvalue weighted by Gasteiger charge is 2.32. The topological polar surface area (TPSA) is 12.0 Å². The Kier molecular flexibility index (Phi) is 5.08. The summed E-state index contributed by atoms with van der Waals surface area (Å²) in [6.07, 6.45) is 6.75. The number of hydrogen-bond acceptors (Lipinski definition) is 2. The van der Waals surface area contributed by atoms with Crippen LogP contribution in [-0.4, -0.2) is 6.54 Å². The molecule has 0 radical (unpaired) electrons. The highest BCUT2D eigenvalue weighted by atomic mass is 32.1. The van der Waals surface area contributed by atoms with Crippen molar-refractivity contribution in [2.45, 2.75) is 65.8 Å². The van der Waals surface area contributed by atoms with Gasteiger partial charge in [-0.25, -0.2) is 0 Å². The fourth-order valence-corrected chi connectivity index (χ4v) is 4.33. The van der Waals surface area contributed by atoms with Crippen LogP contribution < -0.4 is 5.32 Å². The number of aryl methyl sites for hydroxylation is 1. The molecule has 19 heavy (non-hydrogen) atoms. The van der Waals surface area contributed by atoms with E-state index in [1.54, 1.807) is 4.88 Å². The van der Waals surface area contributed by atoms with E-state index in [0.29, 0.717) is 11.5 Å². The van der Waals surface area contributed by atoms with Crippen LogP contribution in [-0.2, 0) is 0 Å². The second-order valence-electron chi connectivity index (χ2n) is 6.90. The minimum absolute atomic E-state index is 0.566. The SMILES string of the molecule is CCCNC(c1sccc1C)C1CCC(C)(C)CC1. The van der Waals surface area contributed by atoms with Gasteiger partial charge < -0.3 is 5.32 Å². The van der Waals surface area contributed by atoms with E-state index in [2.05, 4.69) is 44.5 Å². The lowest BCUT2D eigenvalue weighted by Crippen LogP contribution is -2.33. The van der Waals surface area contributed by atoms with E-state index in [-0.39, 0.29) is 0 Å². The van der Waals surface area contributed by atoms with Gasteiger partial charge in [-0.2, -0.15) is 0 Å². The van der Waals surface area contributed by atoms with Crippen molar-refractivity contribution in [2.75, 3.05) is 6.54 Å². The highest BCUT2D eigenvalue weighted by Crippen LogP contribution is 2.44. The van der Waals surface area contributed by atoms with Gasteiger partial charge in [0.2, 0.25) is 0 Å². The van der Waals surface area contributed by atoms with E-state index in [4.69, 9.17) is 0 Å². The van der Waals surface area contributed by atoms with E-state index in [0.717, 1.165) is 12.5 Å². The summed E-state index contributed by atoms with van der Waals surface area (Å²) < 4.78 is 0. The van der Waals surface area contributed by atoms with Crippen LogP contribution in [0.25, 0.3) is 0 Å². The molecule has 0 aromatic carbocycles. The zero-order valence-electron chi connectivity index (χ0n) is 13.0. The van der Waals surface area contributed by atoms with Crippen LogP contribution in [0.15, 0.2) is 11.4 Å². The summed E-state index contributed by atoms with van der Waals surface area (Å²) >= 11 is 1.94. The minimum Gasteiger partial charge on any atom is -0.309 e. The van der Waals surface area contributed by atoms with Gasteiger partial charge in [-0.05, 0) is 73.9 Å². The lowest BCUT2D eigenvalue weighted by atomic mass is 9.71. The van der Waals surface area contributed by atoms with Gasteiger partial charge in [-0.15, -0.1) is 11.3 Å². The maximum absolute atomic E-state index is 3.82. The van der Waals surface area contributed by atoms with Crippen molar-refractivity contribution in [3.63, 3.8) is 0 Å². The Balaban J connectivity index is 2.08. The summed E-state index contributed by atoms with van der Waals surface area (Å²) in [7, 11) is 0. The van der Waals surface area contributed by atoms with Gasteiger partial charge in [0.1, 0.15) is 0 Å². The summed E-state index contributed by atoms with van der Waals surface area (Å²) in [4.78, 5) is 1.58. The fraction of sp³-hybridized carbons (Fsp3) is 0.765. The summed E-state index contributed by atoms with van der Waals surface area (Å²) in [5.41, 5.74) is 2.04. The minimum atomic E-state index is 0.566. The molecule has 0 saturated heterocycles. The van der Waals surface area contributed by atoms with Gasteiger partial charge in [-0.1, -0.05) is 20.8 Å². The molecule has 0 spiro atoms. The van der Waals surface area contributed by atoms with Crippen LogP contribution >= 0.6 is 11.3 Å². The fourth-order valence-electron chi connectivity index (χ4n) is 3.23. The monoisotopic (exact) mass is 279 g/mol. The van der Waals surface area contributed by atoms with Gasteiger partial charge in [-0.3, -0.25) is 0 Å². The first-order valence-electron chi connectivity index (χ1n) is 7.81. The van der Waals surface area contributed by atoms with Gasteiger partial charge in [0.15, 0.2) is 0 Å². The molecule has 1 atom stereocenters. The smallest absolute Gasteiger partial charge is 0.0446 e. The Bertz CT molecular complexity index is 384. The molecule has 1 aliphatic carbocycles. The van der Waals surface area contributed by atoms with Gasteiger partial charge in [0.05, 0.1) is 0 Å². The molecule has 1 fully saturated rings. The lowest BCUT2D eigenvalue weighted by molar-refractivity contribution is 0.162. The Morgan fingerprint density at radius 2 is 2.05 bits per heavy atom. The van der Waals surface area contributed by atoms with Crippen LogP contribution in [0.2, 0.25) is 0 Å². The molecule has 1 saturated carbocycles. The standard InChI is InChI=1S/C17H29NS/c1-5-11-18-15(16-13(2)8-12-19-16)14-6-9-17(3,4)10-7-14/h8,12,14-15,18H,5-7,9-11H2,1-4H3. The van der Waals surface area contributed by atoms with Gasteiger partial charge in [0.25, 0.3) is 0 Å². The largest absolute Gasteiger partial charge is 0.309 e. The Morgan fingerprint density at radius 3 is 2.58 bits per heavy atom. The van der Waals surface area contributed by atoms with Crippen molar-refractivity contribution in [3.05, 3.63) is 21.9 Å². The predicted molar refractivity (Wildman–Crippen MR) is 85.8 cm³/mol. The number of nitrogens with one attached hydrogen (secondary N) is 1. The average Bonchev–Trinajstić information content (AvgIpc) is 2.78. The number of hydrogen-bond donors (Lipinski definition) is 1. The van der Waals surface area contributed by atoms with Crippen molar-refractivity contribution in [3.8, 4) is 0 Å². The van der Waals surface area contributed by atoms with E-state index >= 15 is 0 Å². The van der Waals surface area contributed by atoms with Gasteiger partial charge >= 0.3 is 0 Å². The normalized spacial score (nSPS) is 21.5. The van der Waals surface area contributed by atoms with E-state index < -0.39 is 0 Å². The lowest BCUT2D eigenvalue weighted by Gasteiger charge is -2.38. The quantitative estimate of drug-likeness (QED) is 0.770. The molecule has 1 aliphatic rings. The summed E-state index contributed by atoms with van der Waals surface area (Å²) in [5, 5.41) is 6.07. The Hall–Kier alpha value is -0.340. The maximum atomic E-state index is 3.82. The molecule has 2 rings (SSSR count). The third kappa shape index (κ3) is 3.82. The molecule has 1 heterocycles. The Morgan fingerprint density at radius 1 is 1.37 bits per heavy atom. The molecule has 0 amide bonds. The molecule has 0 aliphatic heterocycles. The molecule has 0 bridgehead atoms.